The molecule has 5 nitrogen and oxygen atoms in total. The fourth-order valence-electron chi connectivity index (χ4n) is 3.79. The van der Waals surface area contributed by atoms with Gasteiger partial charge < -0.3 is 9.15 Å². The SMILES string of the molecule is c1csc(CN2CC[C@H]3C[C@H](c4nnc(C5CC5)o4)O[C@@H]3C2)c1. The molecule has 2 saturated heterocycles. The lowest BCUT2D eigenvalue weighted by atomic mass is 9.92. The first kappa shape index (κ1) is 14.1. The molecular formula is C17H21N3O2S. The standard InChI is InChI=1S/C17H21N3O2S/c1-2-13(23-7-1)9-20-6-5-12-8-14(21-15(12)10-20)17-19-18-16(22-17)11-3-4-11/h1-2,7,11-12,14-15H,3-6,8-10H2/t12-,14+,15+/m0/s1. The van der Waals surface area contributed by atoms with Crippen molar-refractivity contribution in [2.24, 2.45) is 5.92 Å². The van der Waals surface area contributed by atoms with E-state index in [0.717, 1.165) is 31.9 Å². The molecule has 2 aliphatic heterocycles. The van der Waals surface area contributed by atoms with Crippen molar-refractivity contribution in [2.75, 3.05) is 13.1 Å². The van der Waals surface area contributed by atoms with Gasteiger partial charge in [-0.1, -0.05) is 6.07 Å². The van der Waals surface area contributed by atoms with Crippen molar-refractivity contribution in [1.29, 1.82) is 0 Å². The number of hydrogen-bond acceptors (Lipinski definition) is 6. The third-order valence-corrected chi connectivity index (χ3v) is 6.11. The summed E-state index contributed by atoms with van der Waals surface area (Å²) in [7, 11) is 0. The van der Waals surface area contributed by atoms with Crippen LogP contribution in [0.3, 0.4) is 0 Å². The monoisotopic (exact) mass is 331 g/mol. The van der Waals surface area contributed by atoms with Crippen LogP contribution in [0.4, 0.5) is 0 Å². The van der Waals surface area contributed by atoms with Crippen LogP contribution in [-0.4, -0.2) is 34.3 Å². The van der Waals surface area contributed by atoms with E-state index in [1.54, 1.807) is 0 Å². The van der Waals surface area contributed by atoms with Crippen molar-refractivity contribution in [3.8, 4) is 0 Å². The number of nitrogens with zero attached hydrogens (tertiary/aromatic N) is 3. The first-order chi connectivity index (χ1) is 11.3. The van der Waals surface area contributed by atoms with Crippen molar-refractivity contribution >= 4 is 11.3 Å². The fourth-order valence-corrected chi connectivity index (χ4v) is 4.54. The number of fused-ring (bicyclic) bond motifs is 1. The Balaban J connectivity index is 1.23. The van der Waals surface area contributed by atoms with Crippen LogP contribution in [-0.2, 0) is 11.3 Å². The molecule has 1 aliphatic carbocycles. The molecule has 122 valence electrons. The van der Waals surface area contributed by atoms with Gasteiger partial charge in [0.05, 0.1) is 6.10 Å². The smallest absolute Gasteiger partial charge is 0.245 e. The minimum atomic E-state index is 0.00619. The summed E-state index contributed by atoms with van der Waals surface area (Å²) in [6.45, 7) is 3.22. The molecule has 0 aromatic carbocycles. The van der Waals surface area contributed by atoms with Crippen molar-refractivity contribution in [3.05, 3.63) is 34.2 Å². The number of hydrogen-bond donors (Lipinski definition) is 0. The fraction of sp³-hybridized carbons (Fsp3) is 0.647. The summed E-state index contributed by atoms with van der Waals surface area (Å²) in [6.07, 6.45) is 4.93. The van der Waals surface area contributed by atoms with Crippen LogP contribution < -0.4 is 0 Å². The van der Waals surface area contributed by atoms with Crippen LogP contribution in [0.1, 0.15) is 54.4 Å². The second kappa shape index (κ2) is 5.69. The summed E-state index contributed by atoms with van der Waals surface area (Å²) in [4.78, 5) is 3.95. The molecule has 3 atom stereocenters. The maximum atomic E-state index is 6.28. The van der Waals surface area contributed by atoms with E-state index in [-0.39, 0.29) is 6.10 Å². The van der Waals surface area contributed by atoms with Crippen molar-refractivity contribution < 1.29 is 9.15 Å². The highest BCUT2D eigenvalue weighted by Crippen LogP contribution is 2.43. The third-order valence-electron chi connectivity index (χ3n) is 5.25. The van der Waals surface area contributed by atoms with Gasteiger partial charge in [0.15, 0.2) is 0 Å². The Morgan fingerprint density at radius 3 is 2.96 bits per heavy atom. The van der Waals surface area contributed by atoms with E-state index in [2.05, 4.69) is 32.6 Å². The average molecular weight is 331 g/mol. The van der Waals surface area contributed by atoms with Gasteiger partial charge in [-0.3, -0.25) is 4.90 Å². The highest BCUT2D eigenvalue weighted by atomic mass is 32.1. The van der Waals surface area contributed by atoms with E-state index >= 15 is 0 Å². The Kier molecular flexibility index (Phi) is 3.49. The quantitative estimate of drug-likeness (QED) is 0.860. The summed E-state index contributed by atoms with van der Waals surface area (Å²) in [5.74, 6) is 2.67. The zero-order chi connectivity index (χ0) is 15.2. The molecule has 0 amide bonds. The van der Waals surface area contributed by atoms with Gasteiger partial charge in [0, 0.05) is 23.9 Å². The molecule has 0 unspecified atom stereocenters. The molecule has 4 heterocycles. The van der Waals surface area contributed by atoms with Gasteiger partial charge >= 0.3 is 0 Å². The molecule has 0 N–H and O–H groups in total. The molecule has 2 aromatic heterocycles. The van der Waals surface area contributed by atoms with E-state index in [9.17, 15) is 0 Å². The first-order valence-electron chi connectivity index (χ1n) is 8.58. The summed E-state index contributed by atoms with van der Waals surface area (Å²) >= 11 is 1.83. The van der Waals surface area contributed by atoms with E-state index in [1.165, 1.54) is 24.1 Å². The van der Waals surface area contributed by atoms with E-state index in [4.69, 9.17) is 9.15 Å². The Labute approximate surface area is 139 Å². The Morgan fingerprint density at radius 1 is 1.22 bits per heavy atom. The highest BCUT2D eigenvalue weighted by molar-refractivity contribution is 7.09. The summed E-state index contributed by atoms with van der Waals surface area (Å²) in [5.41, 5.74) is 0. The Hall–Kier alpha value is -1.24. The van der Waals surface area contributed by atoms with Crippen molar-refractivity contribution in [3.63, 3.8) is 0 Å². The van der Waals surface area contributed by atoms with E-state index in [0.29, 0.717) is 23.8 Å². The molecular weight excluding hydrogens is 310 g/mol. The third kappa shape index (κ3) is 2.84. The lowest BCUT2D eigenvalue weighted by molar-refractivity contribution is -0.0175. The Bertz CT molecular complexity index is 667. The average Bonchev–Trinajstić information content (AvgIpc) is 2.99. The van der Waals surface area contributed by atoms with Gasteiger partial charge in [-0.25, -0.2) is 0 Å². The molecule has 2 aromatic rings. The van der Waals surface area contributed by atoms with Crippen LogP contribution in [0.15, 0.2) is 21.9 Å². The molecule has 6 heteroatoms. The minimum absolute atomic E-state index is 0.00619. The van der Waals surface area contributed by atoms with Crippen molar-refractivity contribution in [1.82, 2.24) is 15.1 Å². The molecule has 3 aliphatic rings. The molecule has 0 radical (unpaired) electrons. The second-order valence-corrected chi connectivity index (χ2v) is 8.05. The van der Waals surface area contributed by atoms with Gasteiger partial charge in [-0.15, -0.1) is 21.5 Å². The summed E-state index contributed by atoms with van der Waals surface area (Å²) < 4.78 is 12.1. The number of thiophene rings is 1. The zero-order valence-corrected chi connectivity index (χ0v) is 13.9. The zero-order valence-electron chi connectivity index (χ0n) is 13.1. The van der Waals surface area contributed by atoms with Gasteiger partial charge in [-0.2, -0.15) is 0 Å². The lowest BCUT2D eigenvalue weighted by Gasteiger charge is -2.33. The van der Waals surface area contributed by atoms with Crippen LogP contribution >= 0.6 is 11.3 Å². The molecule has 1 saturated carbocycles. The first-order valence-corrected chi connectivity index (χ1v) is 9.46. The minimum Gasteiger partial charge on any atom is -0.422 e. The van der Waals surface area contributed by atoms with E-state index in [1.807, 2.05) is 11.3 Å². The van der Waals surface area contributed by atoms with Gasteiger partial charge in [0.25, 0.3) is 0 Å². The van der Waals surface area contributed by atoms with Gasteiger partial charge in [-0.05, 0) is 49.6 Å². The predicted molar refractivity (Wildman–Crippen MR) is 86.2 cm³/mol. The largest absolute Gasteiger partial charge is 0.422 e. The van der Waals surface area contributed by atoms with Crippen LogP contribution in [0.5, 0.6) is 0 Å². The number of aromatic nitrogens is 2. The molecule has 0 bridgehead atoms. The molecule has 23 heavy (non-hydrogen) atoms. The summed E-state index contributed by atoms with van der Waals surface area (Å²) in [6, 6.07) is 4.34. The number of likely N-dealkylation sites (tertiary alicyclic amines) is 1. The van der Waals surface area contributed by atoms with Crippen LogP contribution in [0.25, 0.3) is 0 Å². The summed E-state index contributed by atoms with van der Waals surface area (Å²) in [5, 5.41) is 10.6. The normalized spacial score (nSPS) is 31.4. The van der Waals surface area contributed by atoms with Crippen LogP contribution in [0, 0.1) is 5.92 Å². The number of rotatable bonds is 4. The van der Waals surface area contributed by atoms with Gasteiger partial charge in [0.2, 0.25) is 11.8 Å². The van der Waals surface area contributed by atoms with Crippen LogP contribution in [0.2, 0.25) is 0 Å². The Morgan fingerprint density at radius 2 is 2.13 bits per heavy atom. The highest BCUT2D eigenvalue weighted by Gasteiger charge is 2.42. The maximum Gasteiger partial charge on any atom is 0.245 e. The van der Waals surface area contributed by atoms with Gasteiger partial charge in [0.1, 0.15) is 6.10 Å². The lowest BCUT2D eigenvalue weighted by Crippen LogP contribution is -2.41. The van der Waals surface area contributed by atoms with E-state index < -0.39 is 0 Å². The number of piperidine rings is 1. The molecule has 3 fully saturated rings. The topological polar surface area (TPSA) is 51.4 Å². The number of ether oxygens (including phenoxy) is 1. The maximum absolute atomic E-state index is 6.28. The molecule has 5 rings (SSSR count). The second-order valence-electron chi connectivity index (χ2n) is 7.01. The molecule has 0 spiro atoms. The predicted octanol–water partition coefficient (Wildman–Crippen LogP) is 3.36. The van der Waals surface area contributed by atoms with Crippen molar-refractivity contribution in [2.45, 2.75) is 50.4 Å².